The van der Waals surface area contributed by atoms with E-state index >= 15 is 0 Å². The largest absolute Gasteiger partial charge is 0.366 e. The lowest BCUT2D eigenvalue weighted by molar-refractivity contribution is -0.134. The fourth-order valence-corrected chi connectivity index (χ4v) is 2.88. The second-order valence-corrected chi connectivity index (χ2v) is 6.19. The monoisotopic (exact) mass is 328 g/mol. The third-order valence-electron chi connectivity index (χ3n) is 4.11. The average Bonchev–Trinajstić information content (AvgIpc) is 2.91. The molecule has 1 amide bonds. The first-order valence-corrected chi connectivity index (χ1v) is 8.31. The van der Waals surface area contributed by atoms with Crippen LogP contribution in [-0.2, 0) is 22.6 Å². The number of benzene rings is 1. The Morgan fingerprint density at radius 2 is 2.21 bits per heavy atom. The Labute approximate surface area is 142 Å². The van der Waals surface area contributed by atoms with E-state index in [1.165, 1.54) is 5.56 Å². The first-order valence-electron chi connectivity index (χ1n) is 8.31. The second kappa shape index (κ2) is 7.59. The Bertz CT molecular complexity index is 705. The number of hydrogen-bond donors (Lipinski definition) is 2. The molecule has 0 aliphatic carbocycles. The summed E-state index contributed by atoms with van der Waals surface area (Å²) in [5, 5.41) is 10.6. The van der Waals surface area contributed by atoms with Gasteiger partial charge in [-0.3, -0.25) is 9.48 Å². The van der Waals surface area contributed by atoms with Crippen LogP contribution in [0.2, 0.25) is 0 Å². The van der Waals surface area contributed by atoms with Crippen LogP contribution >= 0.6 is 0 Å². The SMILES string of the molecule is Cc1cc(C)n(Cc2cccc(CNC(=O)C3CNCCO3)c2)n1. The molecule has 1 aromatic heterocycles. The highest BCUT2D eigenvalue weighted by molar-refractivity contribution is 5.81. The molecule has 2 aromatic rings. The molecular formula is C18H24N4O2. The standard InChI is InChI=1S/C18H24N4O2/c1-13-8-14(2)22(21-13)12-16-5-3-4-15(9-16)10-20-18(23)17-11-19-6-7-24-17/h3-5,8-9,17,19H,6-7,10-12H2,1-2H3,(H,20,23). The molecule has 24 heavy (non-hydrogen) atoms. The molecular weight excluding hydrogens is 304 g/mol. The van der Waals surface area contributed by atoms with Gasteiger partial charge >= 0.3 is 0 Å². The first-order chi connectivity index (χ1) is 11.6. The Hall–Kier alpha value is -2.18. The summed E-state index contributed by atoms with van der Waals surface area (Å²) in [6.45, 7) is 7.25. The van der Waals surface area contributed by atoms with E-state index in [2.05, 4.69) is 40.9 Å². The van der Waals surface area contributed by atoms with Crippen molar-refractivity contribution in [2.24, 2.45) is 0 Å². The normalized spacial score (nSPS) is 17.7. The van der Waals surface area contributed by atoms with Gasteiger partial charge in [-0.2, -0.15) is 5.10 Å². The van der Waals surface area contributed by atoms with Crippen molar-refractivity contribution in [1.82, 2.24) is 20.4 Å². The van der Waals surface area contributed by atoms with Crippen LogP contribution < -0.4 is 10.6 Å². The molecule has 6 heteroatoms. The Balaban J connectivity index is 1.58. The van der Waals surface area contributed by atoms with Crippen LogP contribution in [-0.4, -0.2) is 41.5 Å². The molecule has 0 bridgehead atoms. The van der Waals surface area contributed by atoms with Crippen LogP contribution in [0.1, 0.15) is 22.5 Å². The molecule has 1 saturated heterocycles. The van der Waals surface area contributed by atoms with Crippen molar-refractivity contribution in [2.75, 3.05) is 19.7 Å². The lowest BCUT2D eigenvalue weighted by Gasteiger charge is -2.22. The van der Waals surface area contributed by atoms with E-state index in [4.69, 9.17) is 4.74 Å². The highest BCUT2D eigenvalue weighted by Gasteiger charge is 2.21. The van der Waals surface area contributed by atoms with E-state index in [0.29, 0.717) is 19.7 Å². The smallest absolute Gasteiger partial charge is 0.250 e. The van der Waals surface area contributed by atoms with Gasteiger partial charge in [-0.25, -0.2) is 0 Å². The minimum Gasteiger partial charge on any atom is -0.366 e. The zero-order chi connectivity index (χ0) is 16.9. The van der Waals surface area contributed by atoms with Crippen LogP contribution in [0.5, 0.6) is 0 Å². The summed E-state index contributed by atoms with van der Waals surface area (Å²) < 4.78 is 7.45. The number of aromatic nitrogens is 2. The number of amides is 1. The first kappa shape index (κ1) is 16.7. The molecule has 1 fully saturated rings. The number of carbonyl (C=O) groups excluding carboxylic acids is 1. The summed E-state index contributed by atoms with van der Waals surface area (Å²) in [5.74, 6) is -0.0638. The van der Waals surface area contributed by atoms with Crippen molar-refractivity contribution in [1.29, 1.82) is 0 Å². The van der Waals surface area contributed by atoms with Crippen molar-refractivity contribution >= 4 is 5.91 Å². The van der Waals surface area contributed by atoms with E-state index < -0.39 is 6.10 Å². The molecule has 1 aliphatic heterocycles. The predicted octanol–water partition coefficient (Wildman–Crippen LogP) is 1.15. The fraction of sp³-hybridized carbons (Fsp3) is 0.444. The molecule has 1 aromatic carbocycles. The van der Waals surface area contributed by atoms with Gasteiger partial charge in [-0.05, 0) is 31.0 Å². The fourth-order valence-electron chi connectivity index (χ4n) is 2.88. The van der Waals surface area contributed by atoms with E-state index in [1.807, 2.05) is 23.7 Å². The lowest BCUT2D eigenvalue weighted by Crippen LogP contribution is -2.47. The molecule has 1 aliphatic rings. The molecule has 0 saturated carbocycles. The number of nitrogens with zero attached hydrogens (tertiary/aromatic N) is 2. The van der Waals surface area contributed by atoms with E-state index in [0.717, 1.165) is 30.0 Å². The van der Waals surface area contributed by atoms with Crippen molar-refractivity contribution in [2.45, 2.75) is 33.0 Å². The molecule has 0 radical (unpaired) electrons. The molecule has 6 nitrogen and oxygen atoms in total. The molecule has 0 spiro atoms. The maximum Gasteiger partial charge on any atom is 0.250 e. The van der Waals surface area contributed by atoms with Crippen molar-refractivity contribution in [3.05, 3.63) is 52.8 Å². The topological polar surface area (TPSA) is 68.2 Å². The lowest BCUT2D eigenvalue weighted by atomic mass is 10.1. The van der Waals surface area contributed by atoms with Gasteiger partial charge in [0.15, 0.2) is 0 Å². The summed E-state index contributed by atoms with van der Waals surface area (Å²) in [5.41, 5.74) is 4.42. The van der Waals surface area contributed by atoms with Gasteiger partial charge in [-0.15, -0.1) is 0 Å². The van der Waals surface area contributed by atoms with Gasteiger partial charge in [0.1, 0.15) is 6.10 Å². The number of morpholine rings is 1. The Kier molecular flexibility index (Phi) is 5.27. The number of rotatable bonds is 5. The summed E-state index contributed by atoms with van der Waals surface area (Å²) in [7, 11) is 0. The molecule has 2 heterocycles. The quantitative estimate of drug-likeness (QED) is 0.864. The molecule has 128 valence electrons. The zero-order valence-electron chi connectivity index (χ0n) is 14.2. The molecule has 1 atom stereocenters. The van der Waals surface area contributed by atoms with E-state index in [9.17, 15) is 4.79 Å². The number of hydrogen-bond acceptors (Lipinski definition) is 4. The second-order valence-electron chi connectivity index (χ2n) is 6.19. The zero-order valence-corrected chi connectivity index (χ0v) is 14.2. The highest BCUT2D eigenvalue weighted by Crippen LogP contribution is 2.10. The predicted molar refractivity (Wildman–Crippen MR) is 91.7 cm³/mol. The maximum atomic E-state index is 12.1. The summed E-state index contributed by atoms with van der Waals surface area (Å²) in [6.07, 6.45) is -0.392. The van der Waals surface area contributed by atoms with E-state index in [-0.39, 0.29) is 5.91 Å². The van der Waals surface area contributed by atoms with Gasteiger partial charge in [0.2, 0.25) is 0 Å². The third-order valence-corrected chi connectivity index (χ3v) is 4.11. The van der Waals surface area contributed by atoms with Gasteiger partial charge in [0.05, 0.1) is 18.8 Å². The molecule has 2 N–H and O–H groups in total. The minimum absolute atomic E-state index is 0.0638. The number of aryl methyl sites for hydroxylation is 2. The number of ether oxygens (including phenoxy) is 1. The highest BCUT2D eigenvalue weighted by atomic mass is 16.5. The van der Waals surface area contributed by atoms with Crippen LogP contribution in [0.4, 0.5) is 0 Å². The minimum atomic E-state index is -0.392. The summed E-state index contributed by atoms with van der Waals surface area (Å²) >= 11 is 0. The third kappa shape index (κ3) is 4.21. The van der Waals surface area contributed by atoms with Crippen LogP contribution in [0.15, 0.2) is 30.3 Å². The summed E-state index contributed by atoms with van der Waals surface area (Å²) in [6, 6.07) is 10.3. The van der Waals surface area contributed by atoms with Crippen molar-refractivity contribution in [3.8, 4) is 0 Å². The number of nitrogens with one attached hydrogen (secondary N) is 2. The maximum absolute atomic E-state index is 12.1. The average molecular weight is 328 g/mol. The molecule has 3 rings (SSSR count). The molecule has 1 unspecified atom stereocenters. The van der Waals surface area contributed by atoms with Gasteiger partial charge in [0, 0.05) is 25.3 Å². The summed E-state index contributed by atoms with van der Waals surface area (Å²) in [4.78, 5) is 12.1. The van der Waals surface area contributed by atoms with Crippen LogP contribution in [0, 0.1) is 13.8 Å². The van der Waals surface area contributed by atoms with Crippen LogP contribution in [0.25, 0.3) is 0 Å². The Morgan fingerprint density at radius 3 is 2.92 bits per heavy atom. The van der Waals surface area contributed by atoms with Gasteiger partial charge < -0.3 is 15.4 Å². The van der Waals surface area contributed by atoms with E-state index in [1.54, 1.807) is 0 Å². The van der Waals surface area contributed by atoms with Gasteiger partial charge in [0.25, 0.3) is 5.91 Å². The van der Waals surface area contributed by atoms with Crippen molar-refractivity contribution < 1.29 is 9.53 Å². The van der Waals surface area contributed by atoms with Gasteiger partial charge in [-0.1, -0.05) is 24.3 Å². The van der Waals surface area contributed by atoms with Crippen LogP contribution in [0.3, 0.4) is 0 Å². The Morgan fingerprint density at radius 1 is 1.38 bits per heavy atom. The number of carbonyl (C=O) groups is 1. The van der Waals surface area contributed by atoms with Crippen molar-refractivity contribution in [3.63, 3.8) is 0 Å².